The Hall–Kier alpha value is -1.71. The highest BCUT2D eigenvalue weighted by Gasteiger charge is 2.47. The zero-order valence-corrected chi connectivity index (χ0v) is 20.2. The number of phenolic OH excluding ortho intramolecular Hbond substituents is 1. The van der Waals surface area contributed by atoms with Crippen LogP contribution in [0.15, 0.2) is 17.3 Å². The van der Waals surface area contributed by atoms with Crippen molar-refractivity contribution in [2.75, 3.05) is 6.61 Å². The van der Waals surface area contributed by atoms with E-state index in [-0.39, 0.29) is 11.5 Å². The molecular formula is C27H43NO3. The summed E-state index contributed by atoms with van der Waals surface area (Å²) in [7, 11) is 0. The minimum Gasteiger partial charge on any atom is -0.508 e. The second-order valence-corrected chi connectivity index (χ2v) is 9.99. The van der Waals surface area contributed by atoms with E-state index in [1.54, 1.807) is 0 Å². The van der Waals surface area contributed by atoms with E-state index in [4.69, 9.17) is 9.57 Å². The number of unbranched alkanes of at least 4 members (excludes halogenated alkanes) is 7. The van der Waals surface area contributed by atoms with Crippen molar-refractivity contribution in [2.45, 2.75) is 116 Å². The number of aryl methyl sites for hydroxylation is 1. The average molecular weight is 430 g/mol. The fourth-order valence-corrected chi connectivity index (χ4v) is 5.49. The van der Waals surface area contributed by atoms with Gasteiger partial charge >= 0.3 is 0 Å². The largest absolute Gasteiger partial charge is 0.508 e. The van der Waals surface area contributed by atoms with E-state index in [1.165, 1.54) is 56.9 Å². The molecule has 1 N–H and O–H groups in total. The Bertz CT molecular complexity index is 740. The molecule has 4 nitrogen and oxygen atoms in total. The summed E-state index contributed by atoms with van der Waals surface area (Å²) < 4.78 is 6.48. The van der Waals surface area contributed by atoms with Crippen molar-refractivity contribution < 1.29 is 14.7 Å². The number of benzene rings is 1. The Morgan fingerprint density at radius 2 is 1.77 bits per heavy atom. The molecule has 0 spiro atoms. The Morgan fingerprint density at radius 3 is 2.48 bits per heavy atom. The summed E-state index contributed by atoms with van der Waals surface area (Å²) in [6, 6.07) is 4.16. The predicted octanol–water partition coefficient (Wildman–Crippen LogP) is 7.52. The minimum absolute atomic E-state index is 0.238. The van der Waals surface area contributed by atoms with Crippen LogP contribution >= 0.6 is 0 Å². The van der Waals surface area contributed by atoms with Crippen LogP contribution in [0.5, 0.6) is 11.5 Å². The van der Waals surface area contributed by atoms with Gasteiger partial charge in [-0.2, -0.15) is 0 Å². The number of phenols is 1. The number of oxime groups is 1. The first-order valence-corrected chi connectivity index (χ1v) is 12.7. The molecule has 0 amide bonds. The van der Waals surface area contributed by atoms with Crippen LogP contribution < -0.4 is 4.74 Å². The summed E-state index contributed by atoms with van der Waals surface area (Å²) in [5.41, 5.74) is 3.04. The highest BCUT2D eigenvalue weighted by molar-refractivity contribution is 5.86. The van der Waals surface area contributed by atoms with Gasteiger partial charge in [-0.25, -0.2) is 0 Å². The van der Waals surface area contributed by atoms with E-state index in [0.717, 1.165) is 42.7 Å². The number of ether oxygens (including phenoxy) is 1. The molecule has 3 rings (SSSR count). The third-order valence-corrected chi connectivity index (χ3v) is 7.14. The monoisotopic (exact) mass is 429 g/mol. The van der Waals surface area contributed by atoms with Crippen LogP contribution in [-0.2, 0) is 11.3 Å². The first kappa shape index (κ1) is 23.9. The number of hydrogen-bond acceptors (Lipinski definition) is 4. The van der Waals surface area contributed by atoms with Crippen molar-refractivity contribution in [1.29, 1.82) is 0 Å². The van der Waals surface area contributed by atoms with Gasteiger partial charge in [0.2, 0.25) is 0 Å². The van der Waals surface area contributed by atoms with E-state index in [9.17, 15) is 5.11 Å². The first-order chi connectivity index (χ1) is 15.0. The number of nitrogens with zero attached hydrogens (tertiary/aromatic N) is 1. The third kappa shape index (κ3) is 6.17. The quantitative estimate of drug-likeness (QED) is 0.292. The van der Waals surface area contributed by atoms with Gasteiger partial charge in [-0.3, -0.25) is 0 Å². The van der Waals surface area contributed by atoms with Gasteiger partial charge in [0.1, 0.15) is 23.7 Å². The molecule has 2 aliphatic rings. The SMILES string of the molecule is CCCCCCCCCCc1cc(O)c2c(c1)OC(C)(C)C1CC/C(=N/OCC)CC21. The van der Waals surface area contributed by atoms with E-state index in [0.29, 0.717) is 18.3 Å². The molecule has 1 aliphatic carbocycles. The molecule has 4 heteroatoms. The Balaban J connectivity index is 1.65. The molecule has 174 valence electrons. The molecule has 0 saturated heterocycles. The van der Waals surface area contributed by atoms with Crippen LogP contribution in [0, 0.1) is 5.92 Å². The molecule has 2 atom stereocenters. The summed E-state index contributed by atoms with van der Waals surface area (Å²) in [5.74, 6) is 1.89. The van der Waals surface area contributed by atoms with Gasteiger partial charge in [-0.15, -0.1) is 0 Å². The highest BCUT2D eigenvalue weighted by atomic mass is 16.6. The van der Waals surface area contributed by atoms with E-state index >= 15 is 0 Å². The first-order valence-electron chi connectivity index (χ1n) is 12.7. The summed E-state index contributed by atoms with van der Waals surface area (Å²) in [4.78, 5) is 5.33. The number of aromatic hydroxyl groups is 1. The lowest BCUT2D eigenvalue weighted by Crippen LogP contribution is -2.47. The predicted molar refractivity (Wildman–Crippen MR) is 128 cm³/mol. The van der Waals surface area contributed by atoms with Crippen LogP contribution in [0.1, 0.15) is 115 Å². The maximum atomic E-state index is 11.0. The van der Waals surface area contributed by atoms with Gasteiger partial charge < -0.3 is 14.7 Å². The average Bonchev–Trinajstić information content (AvgIpc) is 2.73. The van der Waals surface area contributed by atoms with E-state index in [2.05, 4.69) is 32.0 Å². The molecule has 2 unspecified atom stereocenters. The topological polar surface area (TPSA) is 51.0 Å². The van der Waals surface area contributed by atoms with Gasteiger partial charge in [0.15, 0.2) is 0 Å². The Morgan fingerprint density at radius 1 is 1.06 bits per heavy atom. The van der Waals surface area contributed by atoms with Crippen molar-refractivity contribution in [3.05, 3.63) is 23.3 Å². The molecule has 0 bridgehead atoms. The molecule has 0 radical (unpaired) electrons. The van der Waals surface area contributed by atoms with Gasteiger partial charge in [0.25, 0.3) is 0 Å². The van der Waals surface area contributed by atoms with Crippen molar-refractivity contribution in [3.63, 3.8) is 0 Å². The van der Waals surface area contributed by atoms with Crippen molar-refractivity contribution >= 4 is 5.71 Å². The van der Waals surface area contributed by atoms with Crippen molar-refractivity contribution in [1.82, 2.24) is 0 Å². The summed E-state index contributed by atoms with van der Waals surface area (Å²) in [5, 5.41) is 15.3. The smallest absolute Gasteiger partial charge is 0.127 e. The van der Waals surface area contributed by atoms with Crippen LogP contribution in [-0.4, -0.2) is 23.0 Å². The summed E-state index contributed by atoms with van der Waals surface area (Å²) in [6.07, 6.45) is 14.3. The van der Waals surface area contributed by atoms with Gasteiger partial charge in [-0.1, -0.05) is 57.0 Å². The fraction of sp³-hybridized carbons (Fsp3) is 0.741. The lowest BCUT2D eigenvalue weighted by atomic mass is 9.66. The number of rotatable bonds is 11. The van der Waals surface area contributed by atoms with Crippen molar-refractivity contribution in [3.8, 4) is 11.5 Å². The minimum atomic E-state index is -0.238. The van der Waals surface area contributed by atoms with Crippen molar-refractivity contribution in [2.24, 2.45) is 11.1 Å². The molecule has 1 aromatic carbocycles. The molecule has 1 heterocycles. The van der Waals surface area contributed by atoms with Crippen LogP contribution in [0.3, 0.4) is 0 Å². The normalized spacial score (nSPS) is 23.2. The molecule has 1 saturated carbocycles. The third-order valence-electron chi connectivity index (χ3n) is 7.14. The van der Waals surface area contributed by atoms with Gasteiger partial charge in [-0.05, 0) is 70.6 Å². The van der Waals surface area contributed by atoms with E-state index < -0.39 is 0 Å². The molecule has 1 aromatic rings. The zero-order valence-electron chi connectivity index (χ0n) is 20.2. The molecule has 0 aromatic heterocycles. The summed E-state index contributed by atoms with van der Waals surface area (Å²) in [6.45, 7) is 9.21. The fourth-order valence-electron chi connectivity index (χ4n) is 5.49. The highest BCUT2D eigenvalue weighted by Crippen LogP contribution is 2.54. The van der Waals surface area contributed by atoms with Crippen LogP contribution in [0.25, 0.3) is 0 Å². The standard InChI is InChI=1S/C27H43NO3/c1-5-7-8-9-10-11-12-13-14-20-17-24(29)26-22-19-21(28-30-6-2)15-16-23(22)27(3,4)31-25(26)18-20/h17-18,22-23,29H,5-16,19H2,1-4H3/b28-21-. The summed E-state index contributed by atoms with van der Waals surface area (Å²) >= 11 is 0. The molecule has 1 aliphatic heterocycles. The Kier molecular flexibility index (Phi) is 8.68. The van der Waals surface area contributed by atoms with Crippen LogP contribution in [0.4, 0.5) is 0 Å². The lowest BCUT2D eigenvalue weighted by Gasteiger charge is -2.47. The maximum absolute atomic E-state index is 11.0. The van der Waals surface area contributed by atoms with Gasteiger partial charge in [0, 0.05) is 17.4 Å². The van der Waals surface area contributed by atoms with Gasteiger partial charge in [0.05, 0.1) is 5.71 Å². The lowest BCUT2D eigenvalue weighted by molar-refractivity contribution is 0.00265. The molecular weight excluding hydrogens is 386 g/mol. The second-order valence-electron chi connectivity index (χ2n) is 9.99. The zero-order chi connectivity index (χ0) is 22.3. The number of fused-ring (bicyclic) bond motifs is 3. The molecule has 31 heavy (non-hydrogen) atoms. The molecule has 1 fully saturated rings. The van der Waals surface area contributed by atoms with Crippen LogP contribution in [0.2, 0.25) is 0 Å². The number of hydrogen-bond donors (Lipinski definition) is 1. The second kappa shape index (κ2) is 11.2. The van der Waals surface area contributed by atoms with E-state index in [1.807, 2.05) is 13.0 Å². The Labute approximate surface area is 189 Å². The maximum Gasteiger partial charge on any atom is 0.127 e.